The molecule has 1 unspecified atom stereocenters. The van der Waals surface area contributed by atoms with Crippen LogP contribution in [0.3, 0.4) is 0 Å². The van der Waals surface area contributed by atoms with Crippen molar-refractivity contribution in [2.45, 2.75) is 57.7 Å². The van der Waals surface area contributed by atoms with Crippen molar-refractivity contribution in [1.29, 1.82) is 0 Å². The van der Waals surface area contributed by atoms with Gasteiger partial charge in [0.2, 0.25) is 5.91 Å². The van der Waals surface area contributed by atoms with Crippen molar-refractivity contribution in [3.63, 3.8) is 0 Å². The molecule has 5 nitrogen and oxygen atoms in total. The van der Waals surface area contributed by atoms with Gasteiger partial charge in [0.1, 0.15) is 6.04 Å². The minimum absolute atomic E-state index is 0.142. The molecule has 2 amide bonds. The Hall–Kier alpha value is -3.34. The van der Waals surface area contributed by atoms with Crippen LogP contribution in [0.2, 0.25) is 0 Å². The Labute approximate surface area is 189 Å². The standard InChI is InChI=1S/C27H30N2O3/c1-2-20-14-16-22(17-15-20)25(26(30)28-23-11-6-7-12-23)29(19-21-9-4-3-5-10-21)27(31)24-13-8-18-32-24/h3-5,8-10,13-18,23,25H,2,6-7,11-12,19H2,1H3,(H,28,30). The lowest BCUT2D eigenvalue weighted by Crippen LogP contribution is -2.45. The molecule has 1 saturated carbocycles. The van der Waals surface area contributed by atoms with Gasteiger partial charge in [-0.15, -0.1) is 0 Å². The topological polar surface area (TPSA) is 62.6 Å². The fraction of sp³-hybridized carbons (Fsp3) is 0.333. The quantitative estimate of drug-likeness (QED) is 0.529. The summed E-state index contributed by atoms with van der Waals surface area (Å²) in [7, 11) is 0. The number of carbonyl (C=O) groups is 2. The zero-order chi connectivity index (χ0) is 22.3. The lowest BCUT2D eigenvalue weighted by atomic mass is 10.00. The second-order valence-corrected chi connectivity index (χ2v) is 8.38. The summed E-state index contributed by atoms with van der Waals surface area (Å²) in [5.41, 5.74) is 2.94. The number of amides is 2. The molecular weight excluding hydrogens is 400 g/mol. The highest BCUT2D eigenvalue weighted by Crippen LogP contribution is 2.28. The summed E-state index contributed by atoms with van der Waals surface area (Å²) in [5, 5.41) is 3.21. The van der Waals surface area contributed by atoms with E-state index in [1.165, 1.54) is 11.8 Å². The average molecular weight is 431 g/mol. The molecule has 2 aromatic carbocycles. The summed E-state index contributed by atoms with van der Waals surface area (Å²) in [6.45, 7) is 2.40. The molecule has 0 aliphatic heterocycles. The van der Waals surface area contributed by atoms with E-state index in [0.29, 0.717) is 6.54 Å². The van der Waals surface area contributed by atoms with E-state index in [1.807, 2.05) is 54.6 Å². The Morgan fingerprint density at radius 3 is 2.31 bits per heavy atom. The molecule has 3 aromatic rings. The van der Waals surface area contributed by atoms with Crippen molar-refractivity contribution in [1.82, 2.24) is 10.2 Å². The molecule has 1 N–H and O–H groups in total. The maximum absolute atomic E-state index is 13.6. The summed E-state index contributed by atoms with van der Waals surface area (Å²) in [4.78, 5) is 28.8. The Morgan fingerprint density at radius 2 is 1.69 bits per heavy atom. The Balaban J connectivity index is 1.72. The minimum atomic E-state index is -0.751. The first kappa shape index (κ1) is 21.9. The van der Waals surface area contributed by atoms with Gasteiger partial charge in [-0.1, -0.05) is 74.4 Å². The fourth-order valence-corrected chi connectivity index (χ4v) is 4.36. The van der Waals surface area contributed by atoms with E-state index >= 15 is 0 Å². The van der Waals surface area contributed by atoms with Gasteiger partial charge in [-0.25, -0.2) is 0 Å². The lowest BCUT2D eigenvalue weighted by molar-refractivity contribution is -0.126. The average Bonchev–Trinajstić information content (AvgIpc) is 3.54. The number of carbonyl (C=O) groups excluding carboxylic acids is 2. The second kappa shape index (κ2) is 10.3. The van der Waals surface area contributed by atoms with E-state index in [4.69, 9.17) is 4.42 Å². The normalized spacial score (nSPS) is 14.8. The molecule has 166 valence electrons. The van der Waals surface area contributed by atoms with Crippen LogP contribution in [0.1, 0.15) is 65.9 Å². The number of rotatable bonds is 8. The molecule has 1 aliphatic carbocycles. The largest absolute Gasteiger partial charge is 0.459 e. The molecule has 0 saturated heterocycles. The van der Waals surface area contributed by atoms with E-state index < -0.39 is 6.04 Å². The van der Waals surface area contributed by atoms with Crippen LogP contribution in [0.25, 0.3) is 0 Å². The van der Waals surface area contributed by atoms with Crippen LogP contribution in [0.5, 0.6) is 0 Å². The van der Waals surface area contributed by atoms with Crippen molar-refractivity contribution < 1.29 is 14.0 Å². The highest BCUT2D eigenvalue weighted by Gasteiger charge is 2.34. The van der Waals surface area contributed by atoms with Crippen LogP contribution in [-0.2, 0) is 17.8 Å². The SMILES string of the molecule is CCc1ccc(C(C(=O)NC2CCCC2)N(Cc2ccccc2)C(=O)c2ccco2)cc1. The van der Waals surface area contributed by atoms with Crippen LogP contribution >= 0.6 is 0 Å². The second-order valence-electron chi connectivity index (χ2n) is 8.38. The molecule has 0 radical (unpaired) electrons. The summed E-state index contributed by atoms with van der Waals surface area (Å²) >= 11 is 0. The minimum Gasteiger partial charge on any atom is -0.459 e. The molecule has 0 bridgehead atoms. The van der Waals surface area contributed by atoms with Gasteiger partial charge >= 0.3 is 0 Å². The molecule has 4 rings (SSSR count). The predicted molar refractivity (Wildman–Crippen MR) is 124 cm³/mol. The van der Waals surface area contributed by atoms with E-state index in [0.717, 1.165) is 43.2 Å². The van der Waals surface area contributed by atoms with Crippen LogP contribution in [0.4, 0.5) is 0 Å². The van der Waals surface area contributed by atoms with Gasteiger partial charge in [0.05, 0.1) is 6.26 Å². The maximum atomic E-state index is 13.6. The van der Waals surface area contributed by atoms with Crippen molar-refractivity contribution in [3.8, 4) is 0 Å². The summed E-state index contributed by atoms with van der Waals surface area (Å²) in [5.74, 6) is -0.216. The summed E-state index contributed by atoms with van der Waals surface area (Å²) < 4.78 is 5.43. The summed E-state index contributed by atoms with van der Waals surface area (Å²) in [6.07, 6.45) is 6.62. The molecule has 0 spiro atoms. The number of aryl methyl sites for hydroxylation is 1. The maximum Gasteiger partial charge on any atom is 0.290 e. The van der Waals surface area contributed by atoms with Gasteiger partial charge in [-0.05, 0) is 48.1 Å². The number of benzene rings is 2. The van der Waals surface area contributed by atoms with E-state index in [1.54, 1.807) is 17.0 Å². The Morgan fingerprint density at radius 1 is 0.969 bits per heavy atom. The van der Waals surface area contributed by atoms with Crippen molar-refractivity contribution in [2.75, 3.05) is 0 Å². The number of furan rings is 1. The number of hydrogen-bond acceptors (Lipinski definition) is 3. The molecule has 1 aliphatic rings. The first-order chi connectivity index (χ1) is 15.7. The lowest BCUT2D eigenvalue weighted by Gasteiger charge is -2.32. The van der Waals surface area contributed by atoms with Crippen LogP contribution in [0, 0.1) is 0 Å². The van der Waals surface area contributed by atoms with Gasteiger partial charge in [-0.2, -0.15) is 0 Å². The first-order valence-corrected chi connectivity index (χ1v) is 11.4. The smallest absolute Gasteiger partial charge is 0.290 e. The van der Waals surface area contributed by atoms with Crippen molar-refractivity contribution in [3.05, 3.63) is 95.4 Å². The van der Waals surface area contributed by atoms with Crippen LogP contribution in [0.15, 0.2) is 77.4 Å². The Kier molecular flexibility index (Phi) is 7.05. The summed E-state index contributed by atoms with van der Waals surface area (Å²) in [6, 6.07) is 20.5. The van der Waals surface area contributed by atoms with Crippen LogP contribution < -0.4 is 5.32 Å². The third kappa shape index (κ3) is 5.10. The zero-order valence-corrected chi connectivity index (χ0v) is 18.5. The molecule has 1 heterocycles. The van der Waals surface area contributed by atoms with Gasteiger partial charge in [-0.3, -0.25) is 9.59 Å². The monoisotopic (exact) mass is 430 g/mol. The zero-order valence-electron chi connectivity index (χ0n) is 18.5. The highest BCUT2D eigenvalue weighted by atomic mass is 16.3. The third-order valence-electron chi connectivity index (χ3n) is 6.15. The number of hydrogen-bond donors (Lipinski definition) is 1. The third-order valence-corrected chi connectivity index (χ3v) is 6.15. The van der Waals surface area contributed by atoms with Gasteiger partial charge in [0.25, 0.3) is 5.91 Å². The predicted octanol–water partition coefficient (Wildman–Crippen LogP) is 5.28. The van der Waals surface area contributed by atoms with Crippen LogP contribution in [-0.4, -0.2) is 22.8 Å². The van der Waals surface area contributed by atoms with Gasteiger partial charge in [0, 0.05) is 12.6 Å². The number of nitrogens with one attached hydrogen (secondary N) is 1. The van der Waals surface area contributed by atoms with Gasteiger partial charge in [0.15, 0.2) is 5.76 Å². The fourth-order valence-electron chi connectivity index (χ4n) is 4.36. The van der Waals surface area contributed by atoms with E-state index in [9.17, 15) is 9.59 Å². The molecular formula is C27H30N2O3. The first-order valence-electron chi connectivity index (χ1n) is 11.4. The van der Waals surface area contributed by atoms with Crippen molar-refractivity contribution in [2.24, 2.45) is 0 Å². The number of nitrogens with zero attached hydrogens (tertiary/aromatic N) is 1. The molecule has 5 heteroatoms. The van der Waals surface area contributed by atoms with Gasteiger partial charge < -0.3 is 14.6 Å². The van der Waals surface area contributed by atoms with E-state index in [-0.39, 0.29) is 23.6 Å². The van der Waals surface area contributed by atoms with E-state index in [2.05, 4.69) is 12.2 Å². The highest BCUT2D eigenvalue weighted by molar-refractivity contribution is 5.96. The molecule has 1 fully saturated rings. The molecule has 1 atom stereocenters. The molecule has 1 aromatic heterocycles. The molecule has 32 heavy (non-hydrogen) atoms. The van der Waals surface area contributed by atoms with Crippen molar-refractivity contribution >= 4 is 11.8 Å². The Bertz CT molecular complexity index is 1010.